The zero-order chi connectivity index (χ0) is 37.5. The van der Waals surface area contributed by atoms with Gasteiger partial charge in [-0.15, -0.1) is 0 Å². The molecule has 4 heterocycles. The van der Waals surface area contributed by atoms with Gasteiger partial charge in [0.1, 0.15) is 5.75 Å². The van der Waals surface area contributed by atoms with E-state index in [0.29, 0.717) is 45.2 Å². The maximum absolute atomic E-state index is 15.4. The van der Waals surface area contributed by atoms with E-state index in [4.69, 9.17) is 14.2 Å². The number of methoxy groups -OCH3 is 3. The third kappa shape index (κ3) is 5.64. The van der Waals surface area contributed by atoms with E-state index in [-0.39, 0.29) is 28.2 Å². The third-order valence-electron chi connectivity index (χ3n) is 13.5. The molecular formula is C41H54N4O7S. The Kier molecular flexibility index (Phi) is 9.03. The second-order valence-corrected chi connectivity index (χ2v) is 19.3. The number of carbonyl (C=O) groups is 2. The molecule has 4 fully saturated rings. The Morgan fingerprint density at radius 3 is 2.21 bits per heavy atom. The van der Waals surface area contributed by atoms with Crippen LogP contribution in [0.15, 0.2) is 36.4 Å². The summed E-state index contributed by atoms with van der Waals surface area (Å²) in [5.41, 5.74) is 4.59. The van der Waals surface area contributed by atoms with Crippen molar-refractivity contribution in [2.45, 2.75) is 76.0 Å². The van der Waals surface area contributed by atoms with Gasteiger partial charge in [0.2, 0.25) is 15.9 Å². The molecular weight excluding hydrogens is 693 g/mol. The SMILES string of the molecule is COC[C@@]12CN(C)C[C@]1(COC)CN(C(=O)C13CC1c1cc(OC)ccc1-c1c(C4CCCCC4)c4ccc(C(=O)NS(=O)(=O)C(C)C)cc4n1C3)C2. The normalized spacial score (nSPS) is 28.4. The predicted molar refractivity (Wildman–Crippen MR) is 204 cm³/mol. The van der Waals surface area contributed by atoms with Gasteiger partial charge in [0, 0.05) is 85.7 Å². The first kappa shape index (κ1) is 36.5. The van der Waals surface area contributed by atoms with Crippen LogP contribution >= 0.6 is 0 Å². The number of ether oxygens (including phenoxy) is 3. The molecule has 8 rings (SSSR count). The van der Waals surface area contributed by atoms with Gasteiger partial charge in [-0.1, -0.05) is 25.3 Å². The zero-order valence-corrected chi connectivity index (χ0v) is 32.8. The first-order valence-corrected chi connectivity index (χ1v) is 20.7. The van der Waals surface area contributed by atoms with E-state index < -0.39 is 26.6 Å². The maximum Gasteiger partial charge on any atom is 0.264 e. The fourth-order valence-corrected chi connectivity index (χ4v) is 11.5. The number of aromatic nitrogens is 1. The Morgan fingerprint density at radius 1 is 0.906 bits per heavy atom. The van der Waals surface area contributed by atoms with Crippen LogP contribution in [-0.4, -0.2) is 108 Å². The van der Waals surface area contributed by atoms with Gasteiger partial charge >= 0.3 is 0 Å². The summed E-state index contributed by atoms with van der Waals surface area (Å²) in [6.45, 7) is 7.55. The average molecular weight is 747 g/mol. The molecule has 0 radical (unpaired) electrons. The van der Waals surface area contributed by atoms with Crippen LogP contribution in [0.1, 0.15) is 85.7 Å². The predicted octanol–water partition coefficient (Wildman–Crippen LogP) is 5.37. The van der Waals surface area contributed by atoms with Gasteiger partial charge in [0.25, 0.3) is 5.91 Å². The molecule has 3 aromatic rings. The Bertz CT molecular complexity index is 2050. The van der Waals surface area contributed by atoms with E-state index in [0.717, 1.165) is 72.2 Å². The van der Waals surface area contributed by atoms with E-state index in [1.54, 1.807) is 41.2 Å². The summed E-state index contributed by atoms with van der Waals surface area (Å²) < 4.78 is 47.6. The van der Waals surface area contributed by atoms with Crippen molar-refractivity contribution in [2.24, 2.45) is 16.2 Å². The van der Waals surface area contributed by atoms with Crippen molar-refractivity contribution in [3.8, 4) is 17.0 Å². The standard InChI is InChI=1S/C41H54N4O7S/c1-26(2)53(48,49)42-37(46)28-12-14-31-34(16-28)45-23-41(38(47)44-21-39(24-50-4)19-43(3)20-40(39,22-44)25-51-5)18-33(41)32-17-29(52-6)13-15-30(32)36(45)35(31)27-10-8-7-9-11-27/h12-17,26-27,33H,7-11,18-25H2,1-6H3,(H,42,46)/t33?,39-,40+,41?. The third-order valence-corrected chi connectivity index (χ3v) is 15.2. The van der Waals surface area contributed by atoms with Gasteiger partial charge in [-0.3, -0.25) is 9.59 Å². The van der Waals surface area contributed by atoms with Crippen LogP contribution in [0.4, 0.5) is 0 Å². The van der Waals surface area contributed by atoms with E-state index in [2.05, 4.69) is 38.3 Å². The number of nitrogens with zero attached hydrogens (tertiary/aromatic N) is 3. The number of carbonyl (C=O) groups excluding carboxylic acids is 2. The quantitative estimate of drug-likeness (QED) is 0.294. The first-order chi connectivity index (χ1) is 25.3. The summed E-state index contributed by atoms with van der Waals surface area (Å²) in [7, 11) is 3.48. The molecule has 53 heavy (non-hydrogen) atoms. The highest BCUT2D eigenvalue weighted by atomic mass is 32.2. The molecule has 3 aliphatic heterocycles. The molecule has 2 amide bonds. The highest BCUT2D eigenvalue weighted by Crippen LogP contribution is 2.67. The Labute approximate surface area is 313 Å². The van der Waals surface area contributed by atoms with E-state index in [1.807, 2.05) is 18.2 Å². The molecule has 1 aromatic heterocycles. The van der Waals surface area contributed by atoms with Crippen LogP contribution in [0, 0.1) is 16.2 Å². The number of rotatable bonds is 10. The lowest BCUT2D eigenvalue weighted by molar-refractivity contribution is -0.137. The number of nitrogens with one attached hydrogen (secondary N) is 1. The van der Waals surface area contributed by atoms with Gasteiger partial charge in [0.15, 0.2) is 0 Å². The summed E-state index contributed by atoms with van der Waals surface area (Å²) in [6, 6.07) is 11.9. The van der Waals surface area contributed by atoms with Crippen LogP contribution in [-0.2, 0) is 30.8 Å². The number of hydrogen-bond donors (Lipinski definition) is 1. The van der Waals surface area contributed by atoms with Gasteiger partial charge in [0.05, 0.1) is 36.7 Å². The summed E-state index contributed by atoms with van der Waals surface area (Å²) in [6.07, 6.45) is 6.38. The van der Waals surface area contributed by atoms with Crippen molar-refractivity contribution in [3.63, 3.8) is 0 Å². The summed E-state index contributed by atoms with van der Waals surface area (Å²) >= 11 is 0. The highest BCUT2D eigenvalue weighted by molar-refractivity contribution is 7.90. The van der Waals surface area contributed by atoms with Crippen molar-refractivity contribution in [3.05, 3.63) is 53.1 Å². The molecule has 4 atom stereocenters. The number of benzene rings is 2. The average Bonchev–Trinajstić information content (AvgIpc) is 3.60. The number of sulfonamides is 1. The topological polar surface area (TPSA) is 119 Å². The molecule has 12 heteroatoms. The van der Waals surface area contributed by atoms with Gasteiger partial charge < -0.3 is 28.6 Å². The minimum absolute atomic E-state index is 0.00298. The molecule has 1 N–H and O–H groups in total. The van der Waals surface area contributed by atoms with Crippen molar-refractivity contribution >= 4 is 32.7 Å². The van der Waals surface area contributed by atoms with Crippen LogP contribution < -0.4 is 9.46 Å². The Hall–Kier alpha value is -3.45. The fraction of sp³-hybridized carbons (Fsp3) is 0.610. The maximum atomic E-state index is 15.4. The Balaban J connectivity index is 1.29. The summed E-state index contributed by atoms with van der Waals surface area (Å²) in [4.78, 5) is 33.4. The highest BCUT2D eigenvalue weighted by Gasteiger charge is 2.69. The van der Waals surface area contributed by atoms with Crippen molar-refractivity contribution < 1.29 is 32.2 Å². The molecule has 0 spiro atoms. The fourth-order valence-electron chi connectivity index (χ4n) is 10.9. The van der Waals surface area contributed by atoms with Gasteiger partial charge in [-0.25, -0.2) is 13.1 Å². The molecule has 2 aliphatic carbocycles. The lowest BCUT2D eigenvalue weighted by Crippen LogP contribution is -2.46. The van der Waals surface area contributed by atoms with Crippen molar-refractivity contribution in [1.29, 1.82) is 0 Å². The van der Waals surface area contributed by atoms with Crippen molar-refractivity contribution in [2.75, 3.05) is 67.8 Å². The lowest BCUT2D eigenvalue weighted by atomic mass is 9.69. The van der Waals surface area contributed by atoms with Crippen molar-refractivity contribution in [1.82, 2.24) is 19.1 Å². The van der Waals surface area contributed by atoms with Crippen LogP contribution in [0.25, 0.3) is 22.2 Å². The molecule has 2 unspecified atom stereocenters. The minimum Gasteiger partial charge on any atom is -0.497 e. The van der Waals surface area contributed by atoms with E-state index in [1.165, 1.54) is 12.0 Å². The number of amides is 2. The van der Waals surface area contributed by atoms with Gasteiger partial charge in [-0.2, -0.15) is 0 Å². The van der Waals surface area contributed by atoms with E-state index in [9.17, 15) is 13.2 Å². The van der Waals surface area contributed by atoms with Gasteiger partial charge in [-0.05, 0) is 87.5 Å². The zero-order valence-electron chi connectivity index (χ0n) is 32.0. The van der Waals surface area contributed by atoms with E-state index >= 15 is 4.79 Å². The molecule has 5 aliphatic rings. The number of fused-ring (bicyclic) bond motifs is 8. The molecule has 2 saturated heterocycles. The molecule has 286 valence electrons. The summed E-state index contributed by atoms with van der Waals surface area (Å²) in [5.74, 6) is 0.604. The lowest BCUT2D eigenvalue weighted by Gasteiger charge is -2.36. The number of hydrogen-bond acceptors (Lipinski definition) is 8. The van der Waals surface area contributed by atoms with Crippen LogP contribution in [0.2, 0.25) is 0 Å². The molecule has 2 aromatic carbocycles. The number of likely N-dealkylation sites (tertiary alicyclic amines) is 2. The monoisotopic (exact) mass is 746 g/mol. The Morgan fingerprint density at radius 2 is 1.58 bits per heavy atom. The second-order valence-electron chi connectivity index (χ2n) is 17.1. The smallest absolute Gasteiger partial charge is 0.264 e. The second kappa shape index (κ2) is 13.1. The largest absolute Gasteiger partial charge is 0.497 e. The minimum atomic E-state index is -3.83. The molecule has 0 bridgehead atoms. The summed E-state index contributed by atoms with van der Waals surface area (Å²) in [5, 5.41) is 0.316. The molecule has 2 saturated carbocycles. The molecule has 11 nitrogen and oxygen atoms in total. The van der Waals surface area contributed by atoms with Crippen LogP contribution in [0.3, 0.4) is 0 Å². The van der Waals surface area contributed by atoms with Crippen LogP contribution in [0.5, 0.6) is 5.75 Å². The first-order valence-electron chi connectivity index (χ1n) is 19.2.